The summed E-state index contributed by atoms with van der Waals surface area (Å²) >= 11 is 0. The predicted molar refractivity (Wildman–Crippen MR) is 194 cm³/mol. The van der Waals surface area contributed by atoms with E-state index in [-0.39, 0.29) is 43.0 Å². The molecule has 4 N–H and O–H groups in total. The predicted octanol–water partition coefficient (Wildman–Crippen LogP) is 3.10. The number of rotatable bonds is 12. The van der Waals surface area contributed by atoms with Gasteiger partial charge in [0, 0.05) is 56.8 Å². The van der Waals surface area contributed by atoms with Gasteiger partial charge in [0.2, 0.25) is 5.72 Å². The Labute approximate surface area is 317 Å². The van der Waals surface area contributed by atoms with Crippen LogP contribution >= 0.6 is 0 Å². The number of nitrogens with zero attached hydrogens (tertiary/aromatic N) is 1. The number of carbonyl (C=O) groups excluding carboxylic acids is 2. The van der Waals surface area contributed by atoms with Crippen LogP contribution in [0.4, 0.5) is 0 Å². The van der Waals surface area contributed by atoms with E-state index in [1.807, 2.05) is 53.6 Å². The highest BCUT2D eigenvalue weighted by atomic mass is 16.7. The Hall–Kier alpha value is -1.10. The summed E-state index contributed by atoms with van der Waals surface area (Å²) in [6.07, 6.45) is -6.17. The van der Waals surface area contributed by atoms with Gasteiger partial charge in [-0.2, -0.15) is 0 Å². The van der Waals surface area contributed by atoms with Crippen LogP contribution in [0.1, 0.15) is 101 Å². The minimum absolute atomic E-state index is 0.0714. The van der Waals surface area contributed by atoms with Gasteiger partial charge in [-0.3, -0.25) is 9.59 Å². The Morgan fingerprint density at radius 1 is 0.885 bits per heavy atom. The number of hydrogen-bond acceptors (Lipinski definition) is 13. The third-order valence-electron chi connectivity index (χ3n) is 12.8. The van der Waals surface area contributed by atoms with Crippen molar-refractivity contribution in [1.82, 2.24) is 4.90 Å². The van der Waals surface area contributed by atoms with E-state index >= 15 is 0 Å². The van der Waals surface area contributed by atoms with Gasteiger partial charge in [0.05, 0.1) is 47.3 Å². The van der Waals surface area contributed by atoms with Gasteiger partial charge in [-0.05, 0) is 67.5 Å². The average Bonchev–Trinajstić information content (AvgIpc) is 3.16. The number of ether oxygens (including phenoxy) is 6. The summed E-state index contributed by atoms with van der Waals surface area (Å²) in [5, 5.41) is 21.0. The lowest BCUT2D eigenvalue weighted by Crippen LogP contribution is -2.61. The molecule has 3 rings (SSSR count). The molecule has 0 aromatic heterocycles. The first-order valence-electron chi connectivity index (χ1n) is 20.8. The minimum atomic E-state index is -1.50. The van der Waals surface area contributed by atoms with E-state index in [0.717, 1.165) is 0 Å². The maximum absolute atomic E-state index is 14.7. The third-order valence-corrected chi connectivity index (χ3v) is 12.8. The molecule has 1 aliphatic carbocycles. The molecule has 0 aromatic rings. The first-order chi connectivity index (χ1) is 26.2. The van der Waals surface area contributed by atoms with Crippen molar-refractivity contribution < 1.29 is 58.4 Å². The summed E-state index contributed by atoms with van der Waals surface area (Å²) in [6, 6.07) is -0.227. The molecule has 0 bridgehead atoms. The molecule has 13 nitrogen and oxygen atoms in total. The number of methoxy groups -OCH3 is 2. The van der Waals surface area contributed by atoms with Crippen LogP contribution in [0.15, 0.2) is 0 Å². The monoisotopic (exact) mass is 750 g/mol. The Morgan fingerprint density at radius 3 is 2.08 bits per heavy atom. The van der Waals surface area contributed by atoms with Crippen LogP contribution in [0.2, 0.25) is 0 Å². The van der Waals surface area contributed by atoms with E-state index < -0.39 is 95.6 Å². The van der Waals surface area contributed by atoms with Crippen LogP contribution in [-0.4, -0.2) is 149 Å². The van der Waals surface area contributed by atoms with Gasteiger partial charge in [0.25, 0.3) is 0 Å². The smallest absolute Gasteiger partial charge is 0.211 e. The van der Waals surface area contributed by atoms with Crippen molar-refractivity contribution in [2.24, 2.45) is 29.6 Å². The highest BCUT2D eigenvalue weighted by molar-refractivity contribution is 5.84. The zero-order chi connectivity index (χ0) is 42.5. The van der Waals surface area contributed by atoms with Crippen LogP contribution in [0.5, 0.6) is 0 Å². The molecule has 18 atom stereocenters. The van der Waals surface area contributed by atoms with Crippen molar-refractivity contribution in [3.63, 3.8) is 0 Å². The highest BCUT2D eigenvalue weighted by Crippen LogP contribution is 2.42. The van der Waals surface area contributed by atoms with Gasteiger partial charge in [-0.15, -0.1) is 0 Å². The second-order valence-corrected chi connectivity index (χ2v) is 17.0. The van der Waals surface area contributed by atoms with E-state index in [2.05, 4.69) is 0 Å². The summed E-state index contributed by atoms with van der Waals surface area (Å²) in [4.78, 5) is 31.0. The Kier molecular flexibility index (Phi) is 13.4. The molecule has 2 saturated heterocycles. The van der Waals surface area contributed by atoms with Crippen molar-refractivity contribution in [3.8, 4) is 0 Å². The van der Waals surface area contributed by atoms with Gasteiger partial charge < -0.3 is 53.8 Å². The SMILES string of the molecule is [2H]O[C@@H]1[C@@H](O[C@@H]2[C@@H](C)[C@H](O[C@H]3C[C@@](C)(OC)[C@@H](O[2H])[C@H](C)O3)[C@@H](C)C(=O)C[C@H](CC)[C@@](C)(O[2H])[C@H](O[2H])[C@@H](C)C(=O)[C@H](C)C[C@@]2(C)OC)O[C@H](C)C[C@@H]1N(C)C. The van der Waals surface area contributed by atoms with Gasteiger partial charge >= 0.3 is 0 Å². The number of likely N-dealkylation sites (N-methyl/N-ethyl adjacent to an activating group) is 1. The van der Waals surface area contributed by atoms with Crippen molar-refractivity contribution in [3.05, 3.63) is 0 Å². The fourth-order valence-corrected chi connectivity index (χ4v) is 8.94. The topological polar surface area (TPSA) is 174 Å². The van der Waals surface area contributed by atoms with Crippen LogP contribution in [0.3, 0.4) is 0 Å². The van der Waals surface area contributed by atoms with Crippen molar-refractivity contribution >= 4 is 11.6 Å². The number of Topliss-reactive ketones (excluding diaryl/α,β-unsaturated/α-hetero) is 2. The van der Waals surface area contributed by atoms with E-state index in [0.29, 0.717) is 12.8 Å². The first-order valence-corrected chi connectivity index (χ1v) is 19.1. The van der Waals surface area contributed by atoms with E-state index in [9.17, 15) is 9.59 Å². The van der Waals surface area contributed by atoms with Crippen LogP contribution in [0, 0.1) is 29.6 Å². The molecule has 2 aliphatic heterocycles. The quantitative estimate of drug-likeness (QED) is 0.230. The molecule has 3 fully saturated rings. The van der Waals surface area contributed by atoms with Gasteiger partial charge in [0.1, 0.15) is 23.8 Å². The van der Waals surface area contributed by atoms with Crippen LogP contribution in [0.25, 0.3) is 0 Å². The molecule has 0 amide bonds. The number of aliphatic hydroxyl groups excluding tert-OH is 3. The number of aliphatic hydroxyl groups is 4. The fourth-order valence-electron chi connectivity index (χ4n) is 8.94. The summed E-state index contributed by atoms with van der Waals surface area (Å²) in [7, 11) is 6.89. The second-order valence-electron chi connectivity index (χ2n) is 17.0. The summed E-state index contributed by atoms with van der Waals surface area (Å²) in [5.74, 6) is -4.09. The minimum Gasteiger partial charge on any atom is -0.389 e. The third kappa shape index (κ3) is 9.46. The van der Waals surface area contributed by atoms with Crippen LogP contribution < -0.4 is 0 Å². The number of ketones is 2. The van der Waals surface area contributed by atoms with Crippen LogP contribution in [-0.2, 0) is 38.0 Å². The maximum Gasteiger partial charge on any atom is 0.211 e. The lowest BCUT2D eigenvalue weighted by Gasteiger charge is -2.50. The van der Waals surface area contributed by atoms with Gasteiger partial charge in [0.15, 0.2) is 12.6 Å². The molecule has 2 heterocycles. The molecule has 0 unspecified atom stereocenters. The average molecular weight is 750 g/mol. The zero-order valence-electron chi connectivity index (χ0n) is 38.0. The highest BCUT2D eigenvalue weighted by Gasteiger charge is 2.53. The molecule has 0 radical (unpaired) electrons. The fraction of sp³-hybridized carbons (Fsp3) is 0.949. The Balaban J connectivity index is 2.28. The molecular formula is C39H71NO12. The molecule has 13 heteroatoms. The molecular weight excluding hydrogens is 674 g/mol. The van der Waals surface area contributed by atoms with E-state index in [1.165, 1.54) is 14.2 Å². The summed E-state index contributed by atoms with van der Waals surface area (Å²) in [6.45, 7) is 18.0. The number of carbonyl (C=O) groups is 2. The van der Waals surface area contributed by atoms with Gasteiger partial charge in [-0.25, -0.2) is 0 Å². The van der Waals surface area contributed by atoms with Crippen molar-refractivity contribution in [1.29, 1.82) is 5.72 Å². The van der Waals surface area contributed by atoms with E-state index in [4.69, 9.17) is 54.6 Å². The first kappa shape index (κ1) is 39.1. The molecule has 304 valence electrons. The number of hydrogen-bond donors (Lipinski definition) is 4. The molecule has 0 aromatic carbocycles. The summed E-state index contributed by atoms with van der Waals surface area (Å²) in [5.41, 5.74) is -3.71. The molecule has 52 heavy (non-hydrogen) atoms. The van der Waals surface area contributed by atoms with Crippen molar-refractivity contribution in [2.75, 3.05) is 28.3 Å². The van der Waals surface area contributed by atoms with Gasteiger partial charge in [-0.1, -0.05) is 41.0 Å². The second kappa shape index (κ2) is 17.8. The Morgan fingerprint density at radius 2 is 1.54 bits per heavy atom. The van der Waals surface area contributed by atoms with Crippen molar-refractivity contribution in [2.45, 2.75) is 179 Å². The maximum atomic E-state index is 14.7. The Bertz CT molecular complexity index is 1270. The standard InChI is InChI=1S/C39H71NO12/c1-15-26-17-28(41)22(4)32(51-29-19-37(8,47-13)34(45)25(7)50-29)24(6)35(52-36-31(43)27(40(11)12)16-21(3)49-36)38(9,48-14)18-20(2)30(42)23(5)33(44)39(26,10)46/h20-27,29,31-36,43-46H,15-19H2,1-14H3/t20-,21-,22+,23+,24+,25+,26+,27+,29+,31+,32-,33-,34+,35-,36-,37-,38-,39-/m1/s1/i43D,44D,45D,46D. The lowest BCUT2D eigenvalue weighted by molar-refractivity contribution is -0.318. The molecule has 1 saturated carbocycles. The molecule has 3 aliphatic rings. The summed E-state index contributed by atoms with van der Waals surface area (Å²) < 4.78 is 71.0. The van der Waals surface area contributed by atoms with E-state index in [1.54, 1.807) is 34.6 Å². The largest absolute Gasteiger partial charge is 0.389 e. The molecule has 0 spiro atoms. The lowest BCUT2D eigenvalue weighted by atomic mass is 9.69. The zero-order valence-corrected chi connectivity index (χ0v) is 34.0. The normalized spacial score (nSPS) is 50.2.